The van der Waals surface area contributed by atoms with Gasteiger partial charge < -0.3 is 14.6 Å². The first kappa shape index (κ1) is 17.3. The van der Waals surface area contributed by atoms with Crippen molar-refractivity contribution in [2.75, 3.05) is 13.1 Å². The Morgan fingerprint density at radius 1 is 1.14 bits per heavy atom. The quantitative estimate of drug-likeness (QED) is 0.753. The van der Waals surface area contributed by atoms with Crippen molar-refractivity contribution >= 4 is 16.8 Å². The first-order valence-corrected chi connectivity index (χ1v) is 9.93. The monoisotopic (exact) mass is 377 g/mol. The van der Waals surface area contributed by atoms with Gasteiger partial charge in [0, 0.05) is 43.6 Å². The number of carbonyl (C=O) groups is 1. The summed E-state index contributed by atoms with van der Waals surface area (Å²) < 4.78 is 1.95. The summed E-state index contributed by atoms with van der Waals surface area (Å²) >= 11 is 0. The third kappa shape index (κ3) is 2.96. The van der Waals surface area contributed by atoms with E-state index in [1.54, 1.807) is 4.90 Å². The summed E-state index contributed by atoms with van der Waals surface area (Å²) in [6.07, 6.45) is 5.00. The van der Waals surface area contributed by atoms with Gasteiger partial charge in [0.1, 0.15) is 5.82 Å². The lowest BCUT2D eigenvalue weighted by Gasteiger charge is -2.18. The van der Waals surface area contributed by atoms with Crippen molar-refractivity contribution in [3.05, 3.63) is 53.7 Å². The highest BCUT2D eigenvalue weighted by atomic mass is 16.3. The molecule has 2 aromatic heterocycles. The maximum absolute atomic E-state index is 13.0. The van der Waals surface area contributed by atoms with Crippen LogP contribution in [0.2, 0.25) is 0 Å². The van der Waals surface area contributed by atoms with E-state index in [-0.39, 0.29) is 11.8 Å². The van der Waals surface area contributed by atoms with E-state index in [1.807, 2.05) is 35.0 Å². The minimum absolute atomic E-state index is 0.00139. The maximum Gasteiger partial charge on any atom is 0.291 e. The first-order chi connectivity index (χ1) is 13.7. The van der Waals surface area contributed by atoms with Crippen LogP contribution in [0, 0.1) is 5.92 Å². The Balaban J connectivity index is 1.35. The van der Waals surface area contributed by atoms with E-state index in [4.69, 9.17) is 0 Å². The van der Waals surface area contributed by atoms with Gasteiger partial charge in [0.25, 0.3) is 5.91 Å². The van der Waals surface area contributed by atoms with Crippen LogP contribution in [-0.4, -0.2) is 54.9 Å². The Hall–Kier alpha value is -2.80. The van der Waals surface area contributed by atoms with Gasteiger partial charge in [0.15, 0.2) is 0 Å². The van der Waals surface area contributed by atoms with E-state index < -0.39 is 6.10 Å². The van der Waals surface area contributed by atoms with Crippen molar-refractivity contribution in [1.82, 2.24) is 24.6 Å². The van der Waals surface area contributed by atoms with Crippen LogP contribution >= 0.6 is 0 Å². The lowest BCUT2D eigenvalue weighted by molar-refractivity contribution is 0.0746. The Labute approximate surface area is 163 Å². The number of hydrogen-bond acceptors (Lipinski definition) is 5. The van der Waals surface area contributed by atoms with Gasteiger partial charge in [-0.25, -0.2) is 0 Å². The van der Waals surface area contributed by atoms with Crippen LogP contribution in [0.25, 0.3) is 10.9 Å². The molecule has 5 rings (SSSR count). The number of benzene rings is 1. The SMILES string of the molecule is O=C(c1nnc2n1CCCC2)N1C[C@@H](Cc2ccnc3ccccc23)[C@@H](O)C1. The second-order valence-corrected chi connectivity index (χ2v) is 7.78. The molecule has 2 aliphatic heterocycles. The van der Waals surface area contributed by atoms with E-state index >= 15 is 0 Å². The number of amides is 1. The number of nitrogens with zero attached hydrogens (tertiary/aromatic N) is 5. The van der Waals surface area contributed by atoms with Gasteiger partial charge in [-0.05, 0) is 37.0 Å². The van der Waals surface area contributed by atoms with E-state index in [0.29, 0.717) is 25.3 Å². The number of β-amino-alcohol motifs (C(OH)–C–C–N with tert-alkyl or cyclic N) is 1. The molecule has 28 heavy (non-hydrogen) atoms. The lowest BCUT2D eigenvalue weighted by atomic mass is 9.94. The molecule has 0 unspecified atom stereocenters. The highest BCUT2D eigenvalue weighted by molar-refractivity contribution is 5.91. The molecule has 1 saturated heterocycles. The average molecular weight is 377 g/mol. The van der Waals surface area contributed by atoms with E-state index in [0.717, 1.165) is 48.1 Å². The van der Waals surface area contributed by atoms with Gasteiger partial charge in [-0.3, -0.25) is 9.78 Å². The fourth-order valence-electron chi connectivity index (χ4n) is 4.44. The molecule has 0 spiro atoms. The van der Waals surface area contributed by atoms with E-state index in [1.165, 1.54) is 0 Å². The Kier molecular flexibility index (Phi) is 4.31. The molecule has 7 heteroatoms. The molecule has 2 aliphatic rings. The minimum Gasteiger partial charge on any atom is -0.391 e. The van der Waals surface area contributed by atoms with Crippen molar-refractivity contribution in [2.45, 2.75) is 38.3 Å². The molecular weight excluding hydrogens is 354 g/mol. The number of hydrogen-bond donors (Lipinski definition) is 1. The van der Waals surface area contributed by atoms with Crippen LogP contribution in [0.15, 0.2) is 36.5 Å². The van der Waals surface area contributed by atoms with Crippen molar-refractivity contribution in [2.24, 2.45) is 5.92 Å². The molecule has 4 heterocycles. The number of aliphatic hydroxyl groups is 1. The number of carbonyl (C=O) groups excluding carboxylic acids is 1. The predicted molar refractivity (Wildman–Crippen MR) is 104 cm³/mol. The molecule has 3 aromatic rings. The van der Waals surface area contributed by atoms with Gasteiger partial charge in [0.05, 0.1) is 11.6 Å². The van der Waals surface area contributed by atoms with Gasteiger partial charge in [-0.15, -0.1) is 10.2 Å². The number of aryl methyl sites for hydroxylation is 1. The van der Waals surface area contributed by atoms with Crippen molar-refractivity contribution in [3.63, 3.8) is 0 Å². The molecule has 144 valence electrons. The molecule has 7 nitrogen and oxygen atoms in total. The minimum atomic E-state index is -0.542. The molecule has 1 N–H and O–H groups in total. The molecule has 1 amide bonds. The fraction of sp³-hybridized carbons (Fsp3) is 0.429. The average Bonchev–Trinajstić information content (AvgIpc) is 3.32. The predicted octanol–water partition coefficient (Wildman–Crippen LogP) is 1.84. The molecule has 0 saturated carbocycles. The topological polar surface area (TPSA) is 84.1 Å². The number of pyridine rings is 1. The summed E-state index contributed by atoms with van der Waals surface area (Å²) in [5.41, 5.74) is 2.11. The largest absolute Gasteiger partial charge is 0.391 e. The molecule has 0 bridgehead atoms. The van der Waals surface area contributed by atoms with E-state index in [2.05, 4.69) is 21.2 Å². The van der Waals surface area contributed by atoms with Gasteiger partial charge in [-0.2, -0.15) is 0 Å². The van der Waals surface area contributed by atoms with Gasteiger partial charge in [0.2, 0.25) is 5.82 Å². The molecule has 2 atom stereocenters. The van der Waals surface area contributed by atoms with Crippen molar-refractivity contribution in [3.8, 4) is 0 Å². The highest BCUT2D eigenvalue weighted by Crippen LogP contribution is 2.26. The van der Waals surface area contributed by atoms with Crippen LogP contribution in [0.4, 0.5) is 0 Å². The van der Waals surface area contributed by atoms with Gasteiger partial charge >= 0.3 is 0 Å². The lowest BCUT2D eigenvalue weighted by Crippen LogP contribution is -2.32. The zero-order valence-electron chi connectivity index (χ0n) is 15.7. The Bertz CT molecular complexity index is 1030. The summed E-state index contributed by atoms with van der Waals surface area (Å²) in [7, 11) is 0. The summed E-state index contributed by atoms with van der Waals surface area (Å²) in [6, 6.07) is 10.0. The number of fused-ring (bicyclic) bond motifs is 2. The summed E-state index contributed by atoms with van der Waals surface area (Å²) in [5, 5.41) is 20.1. The summed E-state index contributed by atoms with van der Waals surface area (Å²) in [5.74, 6) is 1.19. The molecule has 1 fully saturated rings. The van der Waals surface area contributed by atoms with Crippen LogP contribution in [-0.2, 0) is 19.4 Å². The van der Waals surface area contributed by atoms with Crippen LogP contribution in [0.3, 0.4) is 0 Å². The Morgan fingerprint density at radius 2 is 2.04 bits per heavy atom. The number of aromatic nitrogens is 4. The summed E-state index contributed by atoms with van der Waals surface area (Å²) in [6.45, 7) is 1.67. The summed E-state index contributed by atoms with van der Waals surface area (Å²) in [4.78, 5) is 19.2. The molecule has 1 aromatic carbocycles. The number of aliphatic hydroxyl groups excluding tert-OH is 1. The first-order valence-electron chi connectivity index (χ1n) is 9.93. The van der Waals surface area contributed by atoms with Crippen LogP contribution in [0.1, 0.15) is 34.8 Å². The number of rotatable bonds is 3. The number of likely N-dealkylation sites (tertiary alicyclic amines) is 1. The van der Waals surface area contributed by atoms with Crippen molar-refractivity contribution < 1.29 is 9.90 Å². The zero-order chi connectivity index (χ0) is 19.1. The van der Waals surface area contributed by atoms with Crippen LogP contribution < -0.4 is 0 Å². The second-order valence-electron chi connectivity index (χ2n) is 7.78. The molecule has 0 aliphatic carbocycles. The second kappa shape index (κ2) is 6.98. The van der Waals surface area contributed by atoms with Crippen LogP contribution in [0.5, 0.6) is 0 Å². The molecule has 0 radical (unpaired) electrons. The zero-order valence-corrected chi connectivity index (χ0v) is 15.7. The highest BCUT2D eigenvalue weighted by Gasteiger charge is 2.36. The van der Waals surface area contributed by atoms with E-state index in [9.17, 15) is 9.90 Å². The third-order valence-electron chi connectivity index (χ3n) is 5.97. The number of para-hydroxylation sites is 1. The smallest absolute Gasteiger partial charge is 0.291 e. The maximum atomic E-state index is 13.0. The Morgan fingerprint density at radius 3 is 2.96 bits per heavy atom. The third-order valence-corrected chi connectivity index (χ3v) is 5.97. The normalized spacial score (nSPS) is 21.8. The standard InChI is InChI=1S/C21H23N5O2/c27-18-13-25(21(28)20-24-23-19-7-3-4-10-26(19)20)12-15(18)11-14-8-9-22-17-6-2-1-5-16(14)17/h1-2,5-6,8-9,15,18,27H,3-4,7,10-13H2/t15-,18+/m1/s1. The van der Waals surface area contributed by atoms with Gasteiger partial charge in [-0.1, -0.05) is 18.2 Å². The molecular formula is C21H23N5O2. The van der Waals surface area contributed by atoms with Crippen molar-refractivity contribution in [1.29, 1.82) is 0 Å². The fourth-order valence-corrected chi connectivity index (χ4v) is 4.44.